The molecule has 1 N–H and O–H groups in total. The lowest BCUT2D eigenvalue weighted by molar-refractivity contribution is 0.300. The van der Waals surface area contributed by atoms with Gasteiger partial charge in [0.2, 0.25) is 0 Å². The molecule has 0 amide bonds. The number of nitrogens with one attached hydrogen (secondary N) is 1. The van der Waals surface area contributed by atoms with Crippen molar-refractivity contribution in [2.45, 2.75) is 57.4 Å². The van der Waals surface area contributed by atoms with Gasteiger partial charge in [-0.3, -0.25) is 0 Å². The Kier molecular flexibility index (Phi) is 5.23. The van der Waals surface area contributed by atoms with Crippen LogP contribution in [0.15, 0.2) is 16.6 Å². The molecule has 1 aliphatic heterocycles. The van der Waals surface area contributed by atoms with Gasteiger partial charge in [-0.05, 0) is 49.1 Å². The topological polar surface area (TPSA) is 21.3 Å². The van der Waals surface area contributed by atoms with Gasteiger partial charge in [0.05, 0.1) is 6.61 Å². The summed E-state index contributed by atoms with van der Waals surface area (Å²) in [5.41, 5.74) is 2.74. The molecule has 21 heavy (non-hydrogen) atoms. The van der Waals surface area contributed by atoms with E-state index < -0.39 is 0 Å². The van der Waals surface area contributed by atoms with Crippen LogP contribution < -0.4 is 10.1 Å². The van der Waals surface area contributed by atoms with Gasteiger partial charge >= 0.3 is 0 Å². The summed E-state index contributed by atoms with van der Waals surface area (Å²) in [5, 5.41) is 3.54. The van der Waals surface area contributed by atoms with Gasteiger partial charge in [0.15, 0.2) is 0 Å². The molecule has 1 atom stereocenters. The molecule has 1 aliphatic carbocycles. The van der Waals surface area contributed by atoms with Crippen LogP contribution in [0, 0.1) is 5.92 Å². The summed E-state index contributed by atoms with van der Waals surface area (Å²) in [6.07, 6.45) is 10.6. The lowest BCUT2D eigenvalue weighted by Gasteiger charge is -2.27. The molecule has 1 fully saturated rings. The lowest BCUT2D eigenvalue weighted by atomic mass is 9.83. The molecule has 0 spiro atoms. The molecular weight excluding hydrogens is 326 g/mol. The van der Waals surface area contributed by atoms with Crippen LogP contribution in [0.25, 0.3) is 0 Å². The van der Waals surface area contributed by atoms with Gasteiger partial charge in [-0.1, -0.05) is 48.0 Å². The molecule has 1 saturated carbocycles. The maximum absolute atomic E-state index is 5.87. The molecule has 0 radical (unpaired) electrons. The SMILES string of the molecule is CNC(Cc1cc(Br)cc2c1OCC2)CC1CCCCC1. The Morgan fingerprint density at radius 3 is 2.86 bits per heavy atom. The van der Waals surface area contributed by atoms with E-state index in [1.165, 1.54) is 54.1 Å². The van der Waals surface area contributed by atoms with Gasteiger partial charge in [-0.2, -0.15) is 0 Å². The average Bonchev–Trinajstić information content (AvgIpc) is 2.96. The molecule has 1 heterocycles. The van der Waals surface area contributed by atoms with Gasteiger partial charge < -0.3 is 10.1 Å². The molecular formula is C18H26BrNO. The highest BCUT2D eigenvalue weighted by molar-refractivity contribution is 9.10. The predicted octanol–water partition coefficient (Wildman–Crippen LogP) is 4.48. The largest absolute Gasteiger partial charge is 0.493 e. The standard InChI is InChI=1S/C18H26BrNO/c1-20-17(9-13-5-3-2-4-6-13)12-15-11-16(19)10-14-7-8-21-18(14)15/h10-11,13,17,20H,2-9,12H2,1H3. The minimum atomic E-state index is 0.565. The van der Waals surface area contributed by atoms with Crippen molar-refractivity contribution in [3.05, 3.63) is 27.7 Å². The van der Waals surface area contributed by atoms with E-state index in [4.69, 9.17) is 4.74 Å². The molecule has 3 heteroatoms. The van der Waals surface area contributed by atoms with Crippen molar-refractivity contribution in [3.8, 4) is 5.75 Å². The first-order chi connectivity index (χ1) is 10.3. The first-order valence-corrected chi connectivity index (χ1v) is 9.17. The number of hydrogen-bond acceptors (Lipinski definition) is 2. The Morgan fingerprint density at radius 1 is 1.29 bits per heavy atom. The average molecular weight is 352 g/mol. The molecule has 1 aromatic carbocycles. The highest BCUT2D eigenvalue weighted by Crippen LogP contribution is 2.35. The van der Waals surface area contributed by atoms with E-state index >= 15 is 0 Å². The predicted molar refractivity (Wildman–Crippen MR) is 91.1 cm³/mol. The van der Waals surface area contributed by atoms with Crippen LogP contribution in [-0.4, -0.2) is 19.7 Å². The number of rotatable bonds is 5. The third-order valence-corrected chi connectivity index (χ3v) is 5.50. The van der Waals surface area contributed by atoms with Gasteiger partial charge in [0.25, 0.3) is 0 Å². The van der Waals surface area contributed by atoms with Gasteiger partial charge in [0, 0.05) is 16.9 Å². The van der Waals surface area contributed by atoms with Gasteiger partial charge in [-0.25, -0.2) is 0 Å². The first kappa shape index (κ1) is 15.4. The third kappa shape index (κ3) is 3.81. The maximum Gasteiger partial charge on any atom is 0.125 e. The van der Waals surface area contributed by atoms with Crippen molar-refractivity contribution in [2.75, 3.05) is 13.7 Å². The van der Waals surface area contributed by atoms with Crippen LogP contribution in [0.1, 0.15) is 49.7 Å². The van der Waals surface area contributed by atoms with Crippen LogP contribution in [0.4, 0.5) is 0 Å². The smallest absolute Gasteiger partial charge is 0.125 e. The lowest BCUT2D eigenvalue weighted by Crippen LogP contribution is -2.30. The second-order valence-corrected chi connectivity index (χ2v) is 7.50. The van der Waals surface area contributed by atoms with E-state index in [0.717, 1.165) is 31.1 Å². The van der Waals surface area contributed by atoms with E-state index in [9.17, 15) is 0 Å². The fourth-order valence-electron chi connectivity index (χ4n) is 3.89. The number of hydrogen-bond donors (Lipinski definition) is 1. The quantitative estimate of drug-likeness (QED) is 0.843. The Balaban J connectivity index is 1.69. The Morgan fingerprint density at radius 2 is 2.10 bits per heavy atom. The summed E-state index contributed by atoms with van der Waals surface area (Å²) in [6.45, 7) is 0.839. The van der Waals surface area contributed by atoms with E-state index in [2.05, 4.69) is 40.4 Å². The second kappa shape index (κ2) is 7.15. The zero-order chi connectivity index (χ0) is 14.7. The summed E-state index contributed by atoms with van der Waals surface area (Å²) < 4.78 is 7.06. The number of likely N-dealkylation sites (N-methyl/N-ethyl adjacent to an activating group) is 1. The Bertz CT molecular complexity index is 482. The Hall–Kier alpha value is -0.540. The van der Waals surface area contributed by atoms with Crippen molar-refractivity contribution in [1.82, 2.24) is 5.32 Å². The van der Waals surface area contributed by atoms with Gasteiger partial charge in [0.1, 0.15) is 5.75 Å². The third-order valence-electron chi connectivity index (χ3n) is 5.04. The van der Waals surface area contributed by atoms with E-state index in [-0.39, 0.29) is 0 Å². The van der Waals surface area contributed by atoms with Crippen LogP contribution in [0.5, 0.6) is 5.75 Å². The van der Waals surface area contributed by atoms with Crippen molar-refractivity contribution in [1.29, 1.82) is 0 Å². The van der Waals surface area contributed by atoms with Gasteiger partial charge in [-0.15, -0.1) is 0 Å². The van der Waals surface area contributed by atoms with E-state index in [1.54, 1.807) is 0 Å². The minimum Gasteiger partial charge on any atom is -0.493 e. The van der Waals surface area contributed by atoms with E-state index in [0.29, 0.717) is 6.04 Å². The van der Waals surface area contributed by atoms with Crippen LogP contribution >= 0.6 is 15.9 Å². The highest BCUT2D eigenvalue weighted by atomic mass is 79.9. The second-order valence-electron chi connectivity index (χ2n) is 6.58. The fourth-order valence-corrected chi connectivity index (χ4v) is 4.44. The maximum atomic E-state index is 5.87. The number of fused-ring (bicyclic) bond motifs is 1. The number of ether oxygens (including phenoxy) is 1. The Labute approximate surface area is 136 Å². The zero-order valence-corrected chi connectivity index (χ0v) is 14.5. The highest BCUT2D eigenvalue weighted by Gasteiger charge is 2.22. The number of benzene rings is 1. The monoisotopic (exact) mass is 351 g/mol. The van der Waals surface area contributed by atoms with Crippen molar-refractivity contribution in [3.63, 3.8) is 0 Å². The fraction of sp³-hybridized carbons (Fsp3) is 0.667. The molecule has 116 valence electrons. The summed E-state index contributed by atoms with van der Waals surface area (Å²) in [6, 6.07) is 5.02. The molecule has 1 unspecified atom stereocenters. The van der Waals surface area contributed by atoms with E-state index in [1.807, 2.05) is 0 Å². The summed E-state index contributed by atoms with van der Waals surface area (Å²) >= 11 is 3.65. The van der Waals surface area contributed by atoms with Crippen molar-refractivity contribution < 1.29 is 4.74 Å². The molecule has 2 nitrogen and oxygen atoms in total. The normalized spacial score (nSPS) is 20.1. The zero-order valence-electron chi connectivity index (χ0n) is 13.0. The molecule has 0 aromatic heterocycles. The molecule has 0 saturated heterocycles. The molecule has 2 aliphatic rings. The van der Waals surface area contributed by atoms with Crippen LogP contribution in [-0.2, 0) is 12.8 Å². The molecule has 1 aromatic rings. The van der Waals surface area contributed by atoms with Crippen LogP contribution in [0.3, 0.4) is 0 Å². The minimum absolute atomic E-state index is 0.565. The molecule has 3 rings (SSSR count). The first-order valence-electron chi connectivity index (χ1n) is 8.37. The summed E-state index contributed by atoms with van der Waals surface area (Å²) in [5.74, 6) is 2.07. The van der Waals surface area contributed by atoms with Crippen molar-refractivity contribution >= 4 is 15.9 Å². The van der Waals surface area contributed by atoms with Crippen molar-refractivity contribution in [2.24, 2.45) is 5.92 Å². The summed E-state index contributed by atoms with van der Waals surface area (Å²) in [7, 11) is 2.10. The molecule has 0 bridgehead atoms. The van der Waals surface area contributed by atoms with Crippen LogP contribution in [0.2, 0.25) is 0 Å². The summed E-state index contributed by atoms with van der Waals surface area (Å²) in [4.78, 5) is 0. The number of halogens is 1.